The molecular weight excluding hydrogens is 140 g/mol. The second kappa shape index (κ2) is 5.77. The number of hydrogen-bond donors (Lipinski definition) is 2. The van der Waals surface area contributed by atoms with Crippen LogP contribution in [0.15, 0.2) is 12.8 Å². The summed E-state index contributed by atoms with van der Waals surface area (Å²) in [6, 6.07) is -0.180. The summed E-state index contributed by atoms with van der Waals surface area (Å²) in [7, 11) is 0. The van der Waals surface area contributed by atoms with Gasteiger partial charge in [0.25, 0.3) is 0 Å². The van der Waals surface area contributed by atoms with Crippen molar-refractivity contribution in [3.05, 3.63) is 12.8 Å². The zero-order valence-electron chi connectivity index (χ0n) is 7.18. The molecule has 0 aliphatic rings. The number of carbonyl (C=O) groups is 1. The molecule has 0 radical (unpaired) electrons. The molecule has 0 aliphatic carbocycles. The minimum Gasteiger partial charge on any atom is -0.338 e. The van der Waals surface area contributed by atoms with Gasteiger partial charge in [0.2, 0.25) is 0 Å². The molecule has 0 aliphatic heterocycles. The molecule has 0 aromatic rings. The summed E-state index contributed by atoms with van der Waals surface area (Å²) in [4.78, 5) is 10.7. The van der Waals surface area contributed by atoms with Crippen molar-refractivity contribution in [1.29, 1.82) is 0 Å². The molecule has 0 saturated carbocycles. The second-order valence-corrected chi connectivity index (χ2v) is 2.79. The van der Waals surface area contributed by atoms with Crippen molar-refractivity contribution < 1.29 is 4.79 Å². The molecule has 0 unspecified atom stereocenters. The zero-order chi connectivity index (χ0) is 8.69. The molecule has 0 atom stereocenters. The molecule has 2 amide bonds. The van der Waals surface area contributed by atoms with Crippen molar-refractivity contribution in [2.24, 2.45) is 5.92 Å². The Balaban J connectivity index is 3.24. The van der Waals surface area contributed by atoms with Crippen LogP contribution in [-0.2, 0) is 0 Å². The maximum Gasteiger partial charge on any atom is 0.318 e. The van der Waals surface area contributed by atoms with Gasteiger partial charge in [-0.25, -0.2) is 4.79 Å². The van der Waals surface area contributed by atoms with E-state index >= 15 is 0 Å². The Morgan fingerprint density at radius 3 is 2.73 bits per heavy atom. The molecule has 0 aromatic heterocycles. The van der Waals surface area contributed by atoms with E-state index in [0.717, 1.165) is 13.0 Å². The van der Waals surface area contributed by atoms with Crippen molar-refractivity contribution in [2.75, 3.05) is 6.54 Å². The van der Waals surface area contributed by atoms with Crippen LogP contribution < -0.4 is 10.6 Å². The Hall–Kier alpha value is -0.990. The fraction of sp³-hybridized carbons (Fsp3) is 0.625. The number of hydrogen-bond acceptors (Lipinski definition) is 1. The molecule has 0 heterocycles. The highest BCUT2D eigenvalue weighted by Crippen LogP contribution is 1.95. The van der Waals surface area contributed by atoms with Crippen LogP contribution >= 0.6 is 0 Å². The van der Waals surface area contributed by atoms with Crippen LogP contribution in [0, 0.1) is 5.92 Å². The Bertz CT molecular complexity index is 132. The summed E-state index contributed by atoms with van der Waals surface area (Å²) in [5.74, 6) is 0.624. The summed E-state index contributed by atoms with van der Waals surface area (Å²) in [5.41, 5.74) is 0. The Morgan fingerprint density at radius 1 is 1.64 bits per heavy atom. The average Bonchev–Trinajstić information content (AvgIpc) is 1.87. The summed E-state index contributed by atoms with van der Waals surface area (Å²) in [5, 5.41) is 5.13. The van der Waals surface area contributed by atoms with E-state index in [2.05, 4.69) is 31.1 Å². The van der Waals surface area contributed by atoms with Crippen molar-refractivity contribution in [3.8, 4) is 0 Å². The van der Waals surface area contributed by atoms with Crippen LogP contribution in [-0.4, -0.2) is 12.6 Å². The van der Waals surface area contributed by atoms with Gasteiger partial charge in [-0.1, -0.05) is 20.4 Å². The topological polar surface area (TPSA) is 41.1 Å². The summed E-state index contributed by atoms with van der Waals surface area (Å²) in [6.07, 6.45) is 2.37. The van der Waals surface area contributed by atoms with Gasteiger partial charge >= 0.3 is 6.03 Å². The largest absolute Gasteiger partial charge is 0.338 e. The molecule has 3 heteroatoms. The normalized spacial score (nSPS) is 9.36. The number of carbonyl (C=O) groups excluding carboxylic acids is 1. The summed E-state index contributed by atoms with van der Waals surface area (Å²) < 4.78 is 0. The molecule has 0 bridgehead atoms. The first-order chi connectivity index (χ1) is 5.16. The third-order valence-corrected chi connectivity index (χ3v) is 1.24. The van der Waals surface area contributed by atoms with Gasteiger partial charge in [0.05, 0.1) is 0 Å². The maximum atomic E-state index is 10.7. The quantitative estimate of drug-likeness (QED) is 0.636. The smallest absolute Gasteiger partial charge is 0.318 e. The van der Waals surface area contributed by atoms with E-state index in [1.165, 1.54) is 6.20 Å². The second-order valence-electron chi connectivity index (χ2n) is 2.79. The van der Waals surface area contributed by atoms with Crippen molar-refractivity contribution in [2.45, 2.75) is 20.3 Å². The lowest BCUT2D eigenvalue weighted by Gasteiger charge is -2.05. The number of rotatable bonds is 4. The molecule has 0 spiro atoms. The van der Waals surface area contributed by atoms with Gasteiger partial charge < -0.3 is 10.6 Å². The number of urea groups is 1. The van der Waals surface area contributed by atoms with Gasteiger partial charge in [-0.3, -0.25) is 0 Å². The van der Waals surface area contributed by atoms with E-state index in [9.17, 15) is 4.79 Å². The molecule has 3 nitrogen and oxygen atoms in total. The average molecular weight is 156 g/mol. The van der Waals surface area contributed by atoms with Crippen LogP contribution in [0.2, 0.25) is 0 Å². The highest BCUT2D eigenvalue weighted by Gasteiger charge is 1.96. The monoisotopic (exact) mass is 156 g/mol. The van der Waals surface area contributed by atoms with E-state index in [-0.39, 0.29) is 6.03 Å². The highest BCUT2D eigenvalue weighted by molar-refractivity contribution is 5.74. The number of amides is 2. The lowest BCUT2D eigenvalue weighted by molar-refractivity contribution is 0.243. The fourth-order valence-corrected chi connectivity index (χ4v) is 0.618. The van der Waals surface area contributed by atoms with Crippen LogP contribution in [0.4, 0.5) is 4.79 Å². The van der Waals surface area contributed by atoms with Crippen molar-refractivity contribution in [1.82, 2.24) is 10.6 Å². The van der Waals surface area contributed by atoms with Crippen LogP contribution in [0.3, 0.4) is 0 Å². The van der Waals surface area contributed by atoms with E-state index < -0.39 is 0 Å². The minimum atomic E-state index is -0.180. The minimum absolute atomic E-state index is 0.180. The summed E-state index contributed by atoms with van der Waals surface area (Å²) in [6.45, 7) is 8.33. The Labute approximate surface area is 67.9 Å². The zero-order valence-corrected chi connectivity index (χ0v) is 7.18. The maximum absolute atomic E-state index is 10.7. The van der Waals surface area contributed by atoms with Crippen molar-refractivity contribution >= 4 is 6.03 Å². The summed E-state index contributed by atoms with van der Waals surface area (Å²) >= 11 is 0. The van der Waals surface area contributed by atoms with Crippen LogP contribution in [0.5, 0.6) is 0 Å². The first kappa shape index (κ1) is 10.0. The van der Waals surface area contributed by atoms with E-state index in [1.54, 1.807) is 0 Å². The van der Waals surface area contributed by atoms with E-state index in [4.69, 9.17) is 0 Å². The first-order valence-corrected chi connectivity index (χ1v) is 3.82. The molecular formula is C8H16N2O. The SMILES string of the molecule is C=CNC(=O)NCCC(C)C. The third kappa shape index (κ3) is 6.90. The molecule has 0 saturated heterocycles. The molecule has 11 heavy (non-hydrogen) atoms. The third-order valence-electron chi connectivity index (χ3n) is 1.24. The standard InChI is InChI=1S/C8H16N2O/c1-4-9-8(11)10-6-5-7(2)3/h4,7H,1,5-6H2,2-3H3,(H2,9,10,11). The van der Waals surface area contributed by atoms with Gasteiger partial charge in [0, 0.05) is 6.54 Å². The van der Waals surface area contributed by atoms with E-state index in [0.29, 0.717) is 5.92 Å². The number of nitrogens with one attached hydrogen (secondary N) is 2. The van der Waals surface area contributed by atoms with Gasteiger partial charge in [-0.2, -0.15) is 0 Å². The Kier molecular flexibility index (Phi) is 5.25. The molecule has 0 aromatic carbocycles. The molecule has 64 valence electrons. The van der Waals surface area contributed by atoms with Gasteiger partial charge in [-0.05, 0) is 18.5 Å². The van der Waals surface area contributed by atoms with Gasteiger partial charge in [0.15, 0.2) is 0 Å². The fourth-order valence-electron chi connectivity index (χ4n) is 0.618. The predicted octanol–water partition coefficient (Wildman–Crippen LogP) is 1.48. The molecule has 2 N–H and O–H groups in total. The predicted molar refractivity (Wildman–Crippen MR) is 46.2 cm³/mol. The van der Waals surface area contributed by atoms with Crippen LogP contribution in [0.1, 0.15) is 20.3 Å². The lowest BCUT2D eigenvalue weighted by atomic mass is 10.1. The van der Waals surface area contributed by atoms with Gasteiger partial charge in [-0.15, -0.1) is 0 Å². The Morgan fingerprint density at radius 2 is 2.27 bits per heavy atom. The van der Waals surface area contributed by atoms with E-state index in [1.807, 2.05) is 0 Å². The highest BCUT2D eigenvalue weighted by atomic mass is 16.2. The molecule has 0 fully saturated rings. The molecule has 0 rings (SSSR count). The first-order valence-electron chi connectivity index (χ1n) is 3.82. The van der Waals surface area contributed by atoms with Crippen molar-refractivity contribution in [3.63, 3.8) is 0 Å². The van der Waals surface area contributed by atoms with Gasteiger partial charge in [0.1, 0.15) is 0 Å². The van der Waals surface area contributed by atoms with Crippen LogP contribution in [0.25, 0.3) is 0 Å². The lowest BCUT2D eigenvalue weighted by Crippen LogP contribution is -2.33.